The molecule has 1 aromatic heterocycles. The maximum Gasteiger partial charge on any atom is 0.341 e. The van der Waals surface area contributed by atoms with Gasteiger partial charge < -0.3 is 14.1 Å². The minimum Gasteiger partial charge on any atom is -0.465 e. The highest BCUT2D eigenvalue weighted by Gasteiger charge is 2.52. The second kappa shape index (κ2) is 6.15. The molecule has 1 saturated carbocycles. The maximum absolute atomic E-state index is 12.9. The molecule has 5 heteroatoms. The SMILES string of the molecule is COC(=O)c1cc(CN(C)C(=O)C2(c3ccccc3)CC2)oc1C. The standard InChI is InChI=1S/C19H21NO4/c1-13-16(17(21)23-3)11-15(24-13)12-20(2)18(22)19(9-10-19)14-7-5-4-6-8-14/h4-8,11H,9-10,12H2,1-3H3. The van der Waals surface area contributed by atoms with Crippen LogP contribution in [0.3, 0.4) is 0 Å². The minimum atomic E-state index is -0.431. The fraction of sp³-hybridized carbons (Fsp3) is 0.368. The third-order valence-corrected chi connectivity index (χ3v) is 4.60. The Balaban J connectivity index is 1.75. The lowest BCUT2D eigenvalue weighted by atomic mass is 9.94. The van der Waals surface area contributed by atoms with Crippen LogP contribution < -0.4 is 0 Å². The first kappa shape index (κ1) is 16.3. The number of hydrogen-bond donors (Lipinski definition) is 0. The lowest BCUT2D eigenvalue weighted by molar-refractivity contribution is -0.133. The summed E-state index contributed by atoms with van der Waals surface area (Å²) >= 11 is 0. The van der Waals surface area contributed by atoms with E-state index in [0.29, 0.717) is 23.6 Å². The molecule has 0 spiro atoms. The van der Waals surface area contributed by atoms with Crippen molar-refractivity contribution in [3.05, 3.63) is 59.0 Å². The Morgan fingerprint density at radius 3 is 2.50 bits per heavy atom. The molecule has 1 aliphatic rings. The molecule has 2 aromatic rings. The van der Waals surface area contributed by atoms with Gasteiger partial charge in [0.15, 0.2) is 0 Å². The summed E-state index contributed by atoms with van der Waals surface area (Å²) in [6.45, 7) is 2.04. The van der Waals surface area contributed by atoms with Gasteiger partial charge in [-0.3, -0.25) is 4.79 Å². The van der Waals surface area contributed by atoms with Gasteiger partial charge in [-0.2, -0.15) is 0 Å². The van der Waals surface area contributed by atoms with Gasteiger partial charge in [-0.25, -0.2) is 4.79 Å². The number of esters is 1. The van der Waals surface area contributed by atoms with Crippen molar-refractivity contribution in [3.8, 4) is 0 Å². The van der Waals surface area contributed by atoms with Gasteiger partial charge in [-0.15, -0.1) is 0 Å². The van der Waals surface area contributed by atoms with Crippen LogP contribution in [0.25, 0.3) is 0 Å². The van der Waals surface area contributed by atoms with E-state index in [1.54, 1.807) is 24.9 Å². The minimum absolute atomic E-state index is 0.0855. The van der Waals surface area contributed by atoms with Crippen LogP contribution in [0.4, 0.5) is 0 Å². The molecule has 3 rings (SSSR count). The summed E-state index contributed by atoms with van der Waals surface area (Å²) in [5.74, 6) is 0.733. The summed E-state index contributed by atoms with van der Waals surface area (Å²) in [6, 6.07) is 11.5. The highest BCUT2D eigenvalue weighted by Crippen LogP contribution is 2.49. The topological polar surface area (TPSA) is 59.8 Å². The van der Waals surface area contributed by atoms with Gasteiger partial charge in [0.25, 0.3) is 0 Å². The summed E-state index contributed by atoms with van der Waals surface area (Å²) in [4.78, 5) is 26.2. The van der Waals surface area contributed by atoms with Gasteiger partial charge in [0, 0.05) is 7.05 Å². The first-order valence-corrected chi connectivity index (χ1v) is 7.96. The van der Waals surface area contributed by atoms with E-state index in [2.05, 4.69) is 0 Å². The Labute approximate surface area is 141 Å². The number of benzene rings is 1. The van der Waals surface area contributed by atoms with E-state index in [-0.39, 0.29) is 5.91 Å². The molecule has 0 radical (unpaired) electrons. The number of ether oxygens (including phenoxy) is 1. The van der Waals surface area contributed by atoms with Crippen molar-refractivity contribution >= 4 is 11.9 Å². The molecule has 126 valence electrons. The second-order valence-corrected chi connectivity index (χ2v) is 6.28. The predicted octanol–water partition coefficient (Wildman–Crippen LogP) is 3.06. The zero-order valence-electron chi connectivity index (χ0n) is 14.2. The highest BCUT2D eigenvalue weighted by molar-refractivity contribution is 5.91. The molecule has 1 amide bonds. The third kappa shape index (κ3) is 2.82. The van der Waals surface area contributed by atoms with Gasteiger partial charge in [-0.1, -0.05) is 30.3 Å². The van der Waals surface area contributed by atoms with E-state index >= 15 is 0 Å². The lowest BCUT2D eigenvalue weighted by Gasteiger charge is -2.23. The average Bonchev–Trinajstić information content (AvgIpc) is 3.33. The number of aryl methyl sites for hydroxylation is 1. The first-order valence-electron chi connectivity index (χ1n) is 7.96. The van der Waals surface area contributed by atoms with E-state index in [4.69, 9.17) is 9.15 Å². The van der Waals surface area contributed by atoms with Crippen LogP contribution in [0.1, 0.15) is 40.3 Å². The van der Waals surface area contributed by atoms with E-state index in [1.165, 1.54) is 7.11 Å². The van der Waals surface area contributed by atoms with E-state index in [1.807, 2.05) is 30.3 Å². The Hall–Kier alpha value is -2.56. The molecular formula is C19H21NO4. The molecule has 1 fully saturated rings. The number of carbonyl (C=O) groups is 2. The molecule has 24 heavy (non-hydrogen) atoms. The number of amides is 1. The molecule has 0 bridgehead atoms. The van der Waals surface area contributed by atoms with Crippen molar-refractivity contribution in [1.82, 2.24) is 4.90 Å². The number of nitrogens with zero attached hydrogens (tertiary/aromatic N) is 1. The molecule has 0 N–H and O–H groups in total. The van der Waals surface area contributed by atoms with Crippen molar-refractivity contribution in [2.24, 2.45) is 0 Å². The number of carbonyl (C=O) groups excluding carboxylic acids is 2. The third-order valence-electron chi connectivity index (χ3n) is 4.60. The Morgan fingerprint density at radius 2 is 1.92 bits per heavy atom. The summed E-state index contributed by atoms with van der Waals surface area (Å²) in [6.07, 6.45) is 1.73. The van der Waals surface area contributed by atoms with Crippen LogP contribution in [-0.4, -0.2) is 30.9 Å². The smallest absolute Gasteiger partial charge is 0.341 e. The van der Waals surface area contributed by atoms with Crippen LogP contribution >= 0.6 is 0 Å². The molecule has 5 nitrogen and oxygen atoms in total. The van der Waals surface area contributed by atoms with Gasteiger partial charge in [0.1, 0.15) is 17.1 Å². The van der Waals surface area contributed by atoms with Gasteiger partial charge in [0.05, 0.1) is 19.1 Å². The zero-order valence-corrected chi connectivity index (χ0v) is 14.2. The van der Waals surface area contributed by atoms with Crippen molar-refractivity contribution in [3.63, 3.8) is 0 Å². The predicted molar refractivity (Wildman–Crippen MR) is 88.6 cm³/mol. The summed E-state index contributed by atoms with van der Waals surface area (Å²) < 4.78 is 10.3. The molecule has 0 saturated heterocycles. The molecule has 0 atom stereocenters. The fourth-order valence-corrected chi connectivity index (χ4v) is 3.11. The Kier molecular flexibility index (Phi) is 4.18. The van der Waals surface area contributed by atoms with Crippen LogP contribution in [0, 0.1) is 6.92 Å². The van der Waals surface area contributed by atoms with Crippen LogP contribution in [0.5, 0.6) is 0 Å². The van der Waals surface area contributed by atoms with E-state index in [9.17, 15) is 9.59 Å². The quantitative estimate of drug-likeness (QED) is 0.792. The molecule has 1 aliphatic carbocycles. The van der Waals surface area contributed by atoms with Crippen LogP contribution in [0.2, 0.25) is 0 Å². The van der Waals surface area contributed by atoms with Crippen LogP contribution in [0.15, 0.2) is 40.8 Å². The monoisotopic (exact) mass is 327 g/mol. The number of hydrogen-bond acceptors (Lipinski definition) is 4. The Morgan fingerprint density at radius 1 is 1.25 bits per heavy atom. The normalized spacial score (nSPS) is 15.0. The Bertz CT molecular complexity index is 759. The van der Waals surface area contributed by atoms with Crippen LogP contribution in [-0.2, 0) is 21.5 Å². The number of likely N-dealkylation sites (N-methyl/N-ethyl adjacent to an activating group) is 1. The summed E-state index contributed by atoms with van der Waals surface area (Å²) in [7, 11) is 3.10. The number of methoxy groups -OCH3 is 1. The molecule has 1 aromatic carbocycles. The highest BCUT2D eigenvalue weighted by atomic mass is 16.5. The maximum atomic E-state index is 12.9. The molecule has 0 unspecified atom stereocenters. The number of furan rings is 1. The molecular weight excluding hydrogens is 306 g/mol. The van der Waals surface area contributed by atoms with E-state index < -0.39 is 11.4 Å². The van der Waals surface area contributed by atoms with Crippen molar-refractivity contribution < 1.29 is 18.7 Å². The lowest BCUT2D eigenvalue weighted by Crippen LogP contribution is -2.36. The number of rotatable bonds is 5. The van der Waals surface area contributed by atoms with Crippen molar-refractivity contribution in [2.45, 2.75) is 31.7 Å². The summed E-state index contributed by atoms with van der Waals surface area (Å²) in [5, 5.41) is 0. The van der Waals surface area contributed by atoms with Crippen molar-refractivity contribution in [2.75, 3.05) is 14.2 Å². The van der Waals surface area contributed by atoms with Crippen molar-refractivity contribution in [1.29, 1.82) is 0 Å². The average molecular weight is 327 g/mol. The van der Waals surface area contributed by atoms with Gasteiger partial charge >= 0.3 is 5.97 Å². The molecule has 0 aliphatic heterocycles. The summed E-state index contributed by atoms with van der Waals surface area (Å²) in [5.41, 5.74) is 1.06. The molecule has 1 heterocycles. The second-order valence-electron chi connectivity index (χ2n) is 6.28. The van der Waals surface area contributed by atoms with E-state index in [0.717, 1.165) is 18.4 Å². The fourth-order valence-electron chi connectivity index (χ4n) is 3.11. The zero-order chi connectivity index (χ0) is 17.3. The first-order chi connectivity index (χ1) is 11.5. The van der Waals surface area contributed by atoms with Gasteiger partial charge in [-0.05, 0) is 31.4 Å². The van der Waals surface area contributed by atoms with Gasteiger partial charge in [0.2, 0.25) is 5.91 Å². The largest absolute Gasteiger partial charge is 0.465 e.